The van der Waals surface area contributed by atoms with E-state index in [1.54, 1.807) is 0 Å². The number of hydrogen-bond acceptors (Lipinski definition) is 2. The van der Waals surface area contributed by atoms with Crippen molar-refractivity contribution in [3.05, 3.63) is 178 Å². The van der Waals surface area contributed by atoms with Gasteiger partial charge in [-0.05, 0) is 67.7 Å². The fraction of sp³-hybridized carbons (Fsp3) is 0.261. The zero-order valence-corrected chi connectivity index (χ0v) is 32.0. The minimum atomic E-state index is -0.807. The number of fused-ring (bicyclic) bond motifs is 2. The van der Waals surface area contributed by atoms with Crippen LogP contribution in [0.4, 0.5) is 0 Å². The van der Waals surface area contributed by atoms with E-state index in [0.29, 0.717) is 0 Å². The van der Waals surface area contributed by atoms with Gasteiger partial charge in [0.15, 0.2) is 0 Å². The van der Waals surface area contributed by atoms with Gasteiger partial charge in [0.25, 0.3) is 0 Å². The molecule has 2 nitrogen and oxygen atoms in total. The van der Waals surface area contributed by atoms with E-state index in [1.807, 2.05) is 24.3 Å². The molecule has 0 unspecified atom stereocenters. The van der Waals surface area contributed by atoms with Gasteiger partial charge >= 0.3 is 21.1 Å². The molecule has 2 heterocycles. The van der Waals surface area contributed by atoms with E-state index in [4.69, 9.17) is 9.97 Å². The van der Waals surface area contributed by atoms with Crippen LogP contribution in [0, 0.1) is 12.1 Å². The van der Waals surface area contributed by atoms with Gasteiger partial charge in [-0.15, -0.1) is 71.8 Å². The maximum Gasteiger partial charge on any atom is 2.00 e. The van der Waals surface area contributed by atoms with Crippen molar-refractivity contribution >= 4 is 0 Å². The zero-order valence-electron chi connectivity index (χ0n) is 29.8. The Balaban J connectivity index is 0.00000417. The van der Waals surface area contributed by atoms with Crippen LogP contribution >= 0.6 is 0 Å². The average Bonchev–Trinajstić information content (AvgIpc) is 3.08. The van der Waals surface area contributed by atoms with E-state index in [2.05, 4.69) is 165 Å². The van der Waals surface area contributed by atoms with Gasteiger partial charge in [0.1, 0.15) is 5.41 Å². The molecular formula is C46H44N2Pt. The van der Waals surface area contributed by atoms with Crippen LogP contribution in [0.5, 0.6) is 0 Å². The van der Waals surface area contributed by atoms with Gasteiger partial charge < -0.3 is 0 Å². The molecule has 0 saturated heterocycles. The number of pyridine rings is 2. The van der Waals surface area contributed by atoms with Crippen LogP contribution in [0.1, 0.15) is 100 Å². The molecule has 0 N–H and O–H groups in total. The summed E-state index contributed by atoms with van der Waals surface area (Å²) in [5, 5.41) is 0. The van der Waals surface area contributed by atoms with Crippen molar-refractivity contribution in [2.75, 3.05) is 0 Å². The van der Waals surface area contributed by atoms with E-state index < -0.39 is 5.41 Å². The summed E-state index contributed by atoms with van der Waals surface area (Å²) in [6.07, 6.45) is 0. The Hall–Kier alpha value is -4.13. The van der Waals surface area contributed by atoms with Crippen LogP contribution in [0.2, 0.25) is 0 Å². The molecule has 0 radical (unpaired) electrons. The third kappa shape index (κ3) is 5.93. The van der Waals surface area contributed by atoms with E-state index in [0.717, 1.165) is 33.9 Å². The fourth-order valence-corrected chi connectivity index (χ4v) is 7.40. The number of hydrogen-bond donors (Lipinski definition) is 0. The maximum atomic E-state index is 5.57. The second-order valence-corrected chi connectivity index (χ2v) is 15.8. The number of benzene rings is 4. The summed E-state index contributed by atoms with van der Waals surface area (Å²) in [5.41, 5.74) is 12.1. The smallest absolute Gasteiger partial charge is 0.300 e. The topological polar surface area (TPSA) is 25.8 Å². The Labute approximate surface area is 307 Å². The summed E-state index contributed by atoms with van der Waals surface area (Å²) < 4.78 is 0. The Morgan fingerprint density at radius 2 is 0.918 bits per heavy atom. The normalized spacial score (nSPS) is 14.7. The first-order valence-corrected chi connectivity index (χ1v) is 17.0. The molecule has 7 rings (SSSR count). The van der Waals surface area contributed by atoms with Gasteiger partial charge in [-0.25, -0.2) is 0 Å². The third-order valence-corrected chi connectivity index (χ3v) is 10.2. The van der Waals surface area contributed by atoms with Gasteiger partial charge in [-0.1, -0.05) is 116 Å². The molecular weight excluding hydrogens is 776 g/mol. The molecule has 1 aliphatic rings. The van der Waals surface area contributed by atoms with Crippen molar-refractivity contribution in [2.45, 2.75) is 77.0 Å². The van der Waals surface area contributed by atoms with Crippen molar-refractivity contribution < 1.29 is 21.1 Å². The minimum Gasteiger partial charge on any atom is -0.300 e. The first-order valence-electron chi connectivity index (χ1n) is 17.0. The Kier molecular flexibility index (Phi) is 8.96. The van der Waals surface area contributed by atoms with E-state index in [-0.39, 0.29) is 37.3 Å². The van der Waals surface area contributed by atoms with E-state index >= 15 is 0 Å². The second kappa shape index (κ2) is 12.6. The van der Waals surface area contributed by atoms with Crippen LogP contribution in [-0.2, 0) is 42.7 Å². The second-order valence-electron chi connectivity index (χ2n) is 15.8. The van der Waals surface area contributed by atoms with Crippen LogP contribution in [0.3, 0.4) is 0 Å². The van der Waals surface area contributed by atoms with Crippen molar-refractivity contribution in [1.82, 2.24) is 9.97 Å². The van der Waals surface area contributed by atoms with Gasteiger partial charge in [0, 0.05) is 5.41 Å². The third-order valence-electron chi connectivity index (χ3n) is 10.2. The predicted octanol–water partition coefficient (Wildman–Crippen LogP) is 11.0. The molecule has 0 amide bonds. The number of nitrogens with zero attached hydrogens (tertiary/aromatic N) is 2. The first kappa shape index (κ1) is 34.7. The fourth-order valence-electron chi connectivity index (χ4n) is 7.40. The molecule has 0 bridgehead atoms. The van der Waals surface area contributed by atoms with Crippen LogP contribution in [0.15, 0.2) is 121 Å². The van der Waals surface area contributed by atoms with Crippen molar-refractivity contribution in [3.63, 3.8) is 0 Å². The van der Waals surface area contributed by atoms with Gasteiger partial charge in [-0.3, -0.25) is 9.97 Å². The van der Waals surface area contributed by atoms with Crippen molar-refractivity contribution in [3.8, 4) is 22.5 Å². The van der Waals surface area contributed by atoms with Crippen molar-refractivity contribution in [2.24, 2.45) is 0 Å². The van der Waals surface area contributed by atoms with Crippen LogP contribution < -0.4 is 0 Å². The first-order chi connectivity index (χ1) is 22.8. The SMILES string of the molecule is CC(C)(C)c1ccc2c(c1)C(c1cccc(-c3[c-]cccc3)n1)(c1cccc(-c3[c-]cccc3)n1)c1cc(C(C)(C)C)ccc1C2(C)C.[Pt+2]. The summed E-state index contributed by atoms with van der Waals surface area (Å²) >= 11 is 0. The minimum absolute atomic E-state index is 0. The largest absolute Gasteiger partial charge is 2.00 e. The Morgan fingerprint density at radius 3 is 1.29 bits per heavy atom. The van der Waals surface area contributed by atoms with E-state index in [1.165, 1.54) is 33.4 Å². The molecule has 1 aliphatic carbocycles. The molecule has 0 spiro atoms. The standard InChI is InChI=1S/C46H44N2.Pt/c1-43(2,3)33-25-27-35-37(29-33)46(41-23-15-21-39(47-41)31-17-11-9-12-18-31,42-24-16-22-40(48-42)32-19-13-10-14-20-32)38-30-34(44(4,5)6)26-28-36(38)45(35,7)8;/h9-17,19,21-30H,1-8H3;/q-2;+2. The summed E-state index contributed by atoms with van der Waals surface area (Å²) in [5.74, 6) is 0. The summed E-state index contributed by atoms with van der Waals surface area (Å²) in [4.78, 5) is 11.1. The molecule has 49 heavy (non-hydrogen) atoms. The molecule has 0 fully saturated rings. The summed E-state index contributed by atoms with van der Waals surface area (Å²) in [6.45, 7) is 18.5. The number of rotatable bonds is 4. The molecule has 3 heteroatoms. The van der Waals surface area contributed by atoms with Crippen LogP contribution in [-0.4, -0.2) is 9.97 Å². The van der Waals surface area contributed by atoms with Gasteiger partial charge in [0.2, 0.25) is 0 Å². The Morgan fingerprint density at radius 1 is 0.490 bits per heavy atom. The monoisotopic (exact) mass is 819 g/mol. The van der Waals surface area contributed by atoms with Gasteiger partial charge in [-0.2, -0.15) is 0 Å². The zero-order chi connectivity index (χ0) is 33.9. The molecule has 0 saturated carbocycles. The molecule has 2 aromatic heterocycles. The van der Waals surface area contributed by atoms with Crippen molar-refractivity contribution in [1.29, 1.82) is 0 Å². The molecule has 0 aliphatic heterocycles. The molecule has 4 aromatic carbocycles. The quantitative estimate of drug-likeness (QED) is 0.166. The molecule has 248 valence electrons. The van der Waals surface area contributed by atoms with E-state index in [9.17, 15) is 0 Å². The predicted molar refractivity (Wildman–Crippen MR) is 198 cm³/mol. The summed E-state index contributed by atoms with van der Waals surface area (Å²) in [6, 6.07) is 50.2. The van der Waals surface area contributed by atoms with Crippen LogP contribution in [0.25, 0.3) is 22.5 Å². The number of aromatic nitrogens is 2. The average molecular weight is 820 g/mol. The maximum absolute atomic E-state index is 5.57. The molecule has 0 atom stereocenters. The summed E-state index contributed by atoms with van der Waals surface area (Å²) in [7, 11) is 0. The Bertz CT molecular complexity index is 1960. The molecule has 6 aromatic rings. The van der Waals surface area contributed by atoms with Gasteiger partial charge in [0.05, 0.1) is 11.4 Å².